The zero-order valence-electron chi connectivity index (χ0n) is 13.4. The molecule has 0 saturated heterocycles. The van der Waals surface area contributed by atoms with E-state index in [2.05, 4.69) is 21.7 Å². The molecule has 0 radical (unpaired) electrons. The Bertz CT molecular complexity index is 663. The molecule has 5 heteroatoms. The number of nitrogens with zero attached hydrogens (tertiary/aromatic N) is 1. The van der Waals surface area contributed by atoms with E-state index < -0.39 is 11.6 Å². The molecule has 122 valence electrons. The first kappa shape index (κ1) is 16.9. The average Bonchev–Trinajstić information content (AvgIpc) is 2.53. The molecule has 0 spiro atoms. The van der Waals surface area contributed by atoms with Gasteiger partial charge in [0.1, 0.15) is 11.6 Å². The third kappa shape index (κ3) is 5.06. The van der Waals surface area contributed by atoms with Crippen LogP contribution in [0, 0.1) is 18.6 Å². The molecule has 0 aliphatic heterocycles. The zero-order chi connectivity index (χ0) is 16.7. The third-order valence-electron chi connectivity index (χ3n) is 3.50. The molecule has 23 heavy (non-hydrogen) atoms. The maximum atomic E-state index is 13.6. The molecule has 0 aliphatic rings. The van der Waals surface area contributed by atoms with Crippen LogP contribution in [-0.2, 0) is 13.0 Å². The lowest BCUT2D eigenvalue weighted by molar-refractivity contribution is 0.553. The maximum Gasteiger partial charge on any atom is 0.191 e. The number of aliphatic imine (C=N–C) groups is 1. The molecule has 2 aromatic carbocycles. The van der Waals surface area contributed by atoms with Crippen molar-refractivity contribution >= 4 is 5.96 Å². The predicted octanol–water partition coefficient (Wildman–Crippen LogP) is 3.18. The summed E-state index contributed by atoms with van der Waals surface area (Å²) < 4.78 is 27.1. The van der Waals surface area contributed by atoms with Crippen LogP contribution in [-0.4, -0.2) is 19.6 Å². The Kier molecular flexibility index (Phi) is 6.09. The van der Waals surface area contributed by atoms with E-state index in [9.17, 15) is 8.78 Å². The van der Waals surface area contributed by atoms with Crippen molar-refractivity contribution < 1.29 is 8.78 Å². The highest BCUT2D eigenvalue weighted by Gasteiger charge is 2.08. The van der Waals surface area contributed by atoms with E-state index in [-0.39, 0.29) is 12.0 Å². The van der Waals surface area contributed by atoms with E-state index in [0.29, 0.717) is 19.0 Å². The molecule has 0 unspecified atom stereocenters. The lowest BCUT2D eigenvalue weighted by atomic mass is 10.1. The van der Waals surface area contributed by atoms with Gasteiger partial charge >= 0.3 is 0 Å². The Morgan fingerprint density at radius 2 is 1.74 bits per heavy atom. The second-order valence-corrected chi connectivity index (χ2v) is 5.29. The van der Waals surface area contributed by atoms with E-state index in [0.717, 1.165) is 5.56 Å². The van der Waals surface area contributed by atoms with Gasteiger partial charge in [0.2, 0.25) is 0 Å². The summed E-state index contributed by atoms with van der Waals surface area (Å²) in [6.45, 7) is 3.07. The van der Waals surface area contributed by atoms with Crippen molar-refractivity contribution in [2.75, 3.05) is 13.6 Å². The molecule has 0 atom stereocenters. The number of rotatable bonds is 5. The molecule has 0 heterocycles. The SMILES string of the molecule is CN=C(NCCc1c(F)cccc1F)NCc1cccc(C)c1. The number of benzene rings is 2. The summed E-state index contributed by atoms with van der Waals surface area (Å²) in [6.07, 6.45) is 0.254. The van der Waals surface area contributed by atoms with Crippen LogP contribution in [0.2, 0.25) is 0 Å². The lowest BCUT2D eigenvalue weighted by Gasteiger charge is -2.12. The van der Waals surface area contributed by atoms with Crippen molar-refractivity contribution in [1.82, 2.24) is 10.6 Å². The first-order valence-corrected chi connectivity index (χ1v) is 7.53. The molecule has 0 aliphatic carbocycles. The molecular weight excluding hydrogens is 296 g/mol. The summed E-state index contributed by atoms with van der Waals surface area (Å²) in [4.78, 5) is 4.11. The van der Waals surface area contributed by atoms with Crippen LogP contribution in [0.1, 0.15) is 16.7 Å². The third-order valence-corrected chi connectivity index (χ3v) is 3.50. The van der Waals surface area contributed by atoms with Crippen molar-refractivity contribution in [1.29, 1.82) is 0 Å². The van der Waals surface area contributed by atoms with Crippen molar-refractivity contribution in [3.8, 4) is 0 Å². The Morgan fingerprint density at radius 1 is 1.04 bits per heavy atom. The molecular formula is C18H21F2N3. The van der Waals surface area contributed by atoms with Crippen LogP contribution < -0.4 is 10.6 Å². The first-order chi connectivity index (χ1) is 11.1. The van der Waals surface area contributed by atoms with E-state index in [1.165, 1.54) is 23.8 Å². The summed E-state index contributed by atoms with van der Waals surface area (Å²) in [5, 5.41) is 6.24. The monoisotopic (exact) mass is 317 g/mol. The summed E-state index contributed by atoms with van der Waals surface area (Å²) in [7, 11) is 1.66. The first-order valence-electron chi connectivity index (χ1n) is 7.53. The zero-order valence-corrected chi connectivity index (χ0v) is 13.4. The van der Waals surface area contributed by atoms with Gasteiger partial charge in [0.25, 0.3) is 0 Å². The Morgan fingerprint density at radius 3 is 2.39 bits per heavy atom. The number of aryl methyl sites for hydroxylation is 1. The smallest absolute Gasteiger partial charge is 0.191 e. The number of hydrogen-bond donors (Lipinski definition) is 2. The molecule has 0 bridgehead atoms. The highest BCUT2D eigenvalue weighted by atomic mass is 19.1. The van der Waals surface area contributed by atoms with Crippen molar-refractivity contribution in [3.05, 3.63) is 70.8 Å². The molecule has 0 amide bonds. The number of guanidine groups is 1. The maximum absolute atomic E-state index is 13.6. The summed E-state index contributed by atoms with van der Waals surface area (Å²) in [5.41, 5.74) is 2.43. The second-order valence-electron chi connectivity index (χ2n) is 5.29. The molecule has 0 fully saturated rings. The van der Waals surface area contributed by atoms with Crippen molar-refractivity contribution in [2.45, 2.75) is 19.9 Å². The van der Waals surface area contributed by atoms with E-state index in [1.54, 1.807) is 7.05 Å². The van der Waals surface area contributed by atoms with Crippen LogP contribution >= 0.6 is 0 Å². The van der Waals surface area contributed by atoms with Crippen LogP contribution in [0.25, 0.3) is 0 Å². The average molecular weight is 317 g/mol. The standard InChI is InChI=1S/C18H21F2N3/c1-13-5-3-6-14(11-13)12-23-18(21-2)22-10-9-15-16(19)7-4-8-17(15)20/h3-8,11H,9-10,12H2,1-2H3,(H2,21,22,23). The minimum absolute atomic E-state index is 0.0918. The van der Waals surface area contributed by atoms with Gasteiger partial charge < -0.3 is 10.6 Å². The van der Waals surface area contributed by atoms with Crippen LogP contribution in [0.5, 0.6) is 0 Å². The van der Waals surface area contributed by atoms with Gasteiger partial charge in [-0.15, -0.1) is 0 Å². The van der Waals surface area contributed by atoms with Crippen LogP contribution in [0.3, 0.4) is 0 Å². The highest BCUT2D eigenvalue weighted by Crippen LogP contribution is 2.12. The summed E-state index contributed by atoms with van der Waals surface area (Å²) in [5.74, 6) is -0.438. The quantitative estimate of drug-likeness (QED) is 0.656. The van der Waals surface area contributed by atoms with Gasteiger partial charge in [-0.1, -0.05) is 35.9 Å². The van der Waals surface area contributed by atoms with Gasteiger partial charge in [0.15, 0.2) is 5.96 Å². The molecule has 0 aromatic heterocycles. The van der Waals surface area contributed by atoms with E-state index in [4.69, 9.17) is 0 Å². The fourth-order valence-corrected chi connectivity index (χ4v) is 2.31. The van der Waals surface area contributed by atoms with E-state index in [1.807, 2.05) is 25.1 Å². The van der Waals surface area contributed by atoms with Crippen LogP contribution in [0.15, 0.2) is 47.5 Å². The number of hydrogen-bond acceptors (Lipinski definition) is 1. The highest BCUT2D eigenvalue weighted by molar-refractivity contribution is 5.79. The Labute approximate surface area is 135 Å². The van der Waals surface area contributed by atoms with Crippen LogP contribution in [0.4, 0.5) is 8.78 Å². The van der Waals surface area contributed by atoms with Gasteiger partial charge in [-0.2, -0.15) is 0 Å². The van der Waals surface area contributed by atoms with Gasteiger partial charge in [0, 0.05) is 25.7 Å². The van der Waals surface area contributed by atoms with Gasteiger partial charge in [-0.3, -0.25) is 4.99 Å². The minimum Gasteiger partial charge on any atom is -0.356 e. The second kappa shape index (κ2) is 8.27. The Hall–Kier alpha value is -2.43. The summed E-state index contributed by atoms with van der Waals surface area (Å²) >= 11 is 0. The molecule has 2 rings (SSSR count). The van der Waals surface area contributed by atoms with Crippen molar-refractivity contribution in [2.24, 2.45) is 4.99 Å². The normalized spacial score (nSPS) is 11.4. The fourth-order valence-electron chi connectivity index (χ4n) is 2.31. The van der Waals surface area contributed by atoms with Gasteiger partial charge in [-0.25, -0.2) is 8.78 Å². The number of nitrogens with one attached hydrogen (secondary N) is 2. The van der Waals surface area contributed by atoms with Crippen molar-refractivity contribution in [3.63, 3.8) is 0 Å². The topological polar surface area (TPSA) is 36.4 Å². The minimum atomic E-state index is -0.519. The van der Waals surface area contributed by atoms with Gasteiger partial charge in [-0.05, 0) is 31.0 Å². The molecule has 2 aromatic rings. The molecule has 2 N–H and O–H groups in total. The molecule has 3 nitrogen and oxygen atoms in total. The summed E-state index contributed by atoms with van der Waals surface area (Å²) in [6, 6.07) is 12.1. The lowest BCUT2D eigenvalue weighted by Crippen LogP contribution is -2.38. The largest absolute Gasteiger partial charge is 0.356 e. The van der Waals surface area contributed by atoms with E-state index >= 15 is 0 Å². The Balaban J connectivity index is 1.84. The number of halogens is 2. The predicted molar refractivity (Wildman–Crippen MR) is 89.4 cm³/mol. The van der Waals surface area contributed by atoms with Gasteiger partial charge in [0.05, 0.1) is 0 Å². The fraction of sp³-hybridized carbons (Fsp3) is 0.278. The molecule has 0 saturated carbocycles.